The number of carbonyl (C=O) groups excluding carboxylic acids is 2. The van der Waals surface area contributed by atoms with Gasteiger partial charge in [-0.05, 0) is 49.7 Å². The van der Waals surface area contributed by atoms with Crippen LogP contribution in [0.25, 0.3) is 0 Å². The molecule has 27 heavy (non-hydrogen) atoms. The number of ether oxygens (including phenoxy) is 2. The molecule has 0 aromatic heterocycles. The van der Waals surface area contributed by atoms with Crippen molar-refractivity contribution in [2.24, 2.45) is 0 Å². The van der Waals surface area contributed by atoms with Gasteiger partial charge in [0, 0.05) is 5.02 Å². The summed E-state index contributed by atoms with van der Waals surface area (Å²) in [7, 11) is 0. The third kappa shape index (κ3) is 6.01. The molecule has 0 fully saturated rings. The van der Waals surface area contributed by atoms with Crippen molar-refractivity contribution in [1.82, 2.24) is 5.32 Å². The molecule has 0 aliphatic rings. The van der Waals surface area contributed by atoms with E-state index in [1.807, 2.05) is 18.2 Å². The molecular formula is C20H19ClN2O4. The summed E-state index contributed by atoms with van der Waals surface area (Å²) >= 11 is 6.10. The summed E-state index contributed by atoms with van der Waals surface area (Å²) in [4.78, 5) is 24.0. The maximum atomic E-state index is 12.0. The minimum atomic E-state index is -0.897. The third-order valence-electron chi connectivity index (χ3n) is 3.72. The van der Waals surface area contributed by atoms with Crippen LogP contribution in [0.15, 0.2) is 48.5 Å². The number of nitrogens with zero attached hydrogens (tertiary/aromatic N) is 1. The lowest BCUT2D eigenvalue weighted by molar-refractivity contribution is -0.154. The Labute approximate surface area is 162 Å². The van der Waals surface area contributed by atoms with E-state index in [1.165, 1.54) is 6.92 Å². The van der Waals surface area contributed by atoms with Gasteiger partial charge in [-0.1, -0.05) is 29.8 Å². The highest BCUT2D eigenvalue weighted by atomic mass is 35.5. The standard InChI is InChI=1S/C20H19ClN2O4/c1-13(17-5-3-4-6-18(17)21)23-19(24)12-26-20(25)14(2)27-16-9-7-15(11-22)8-10-16/h3-10,13-14H,12H2,1-2H3,(H,23,24)/t13-,14-/m0/s1. The third-order valence-corrected chi connectivity index (χ3v) is 4.07. The molecule has 2 atom stereocenters. The Morgan fingerprint density at radius 2 is 1.81 bits per heavy atom. The second-order valence-electron chi connectivity index (χ2n) is 5.81. The first-order valence-electron chi connectivity index (χ1n) is 8.28. The zero-order valence-electron chi connectivity index (χ0n) is 14.9. The molecule has 140 valence electrons. The molecule has 1 N–H and O–H groups in total. The van der Waals surface area contributed by atoms with Gasteiger partial charge in [-0.15, -0.1) is 0 Å². The Balaban J connectivity index is 1.80. The number of nitrogens with one attached hydrogen (secondary N) is 1. The summed E-state index contributed by atoms with van der Waals surface area (Å²) in [5.41, 5.74) is 1.26. The number of esters is 1. The highest BCUT2D eigenvalue weighted by Crippen LogP contribution is 2.22. The van der Waals surface area contributed by atoms with Gasteiger partial charge in [-0.25, -0.2) is 4.79 Å². The molecule has 1 amide bonds. The summed E-state index contributed by atoms with van der Waals surface area (Å²) < 4.78 is 10.4. The van der Waals surface area contributed by atoms with Gasteiger partial charge >= 0.3 is 5.97 Å². The van der Waals surface area contributed by atoms with Crippen molar-refractivity contribution < 1.29 is 19.1 Å². The Bertz CT molecular complexity index is 846. The predicted molar refractivity (Wildman–Crippen MR) is 100 cm³/mol. The fraction of sp³-hybridized carbons (Fsp3) is 0.250. The lowest BCUT2D eigenvalue weighted by Gasteiger charge is -2.17. The van der Waals surface area contributed by atoms with Gasteiger partial charge in [-0.2, -0.15) is 5.26 Å². The van der Waals surface area contributed by atoms with E-state index in [4.69, 9.17) is 26.3 Å². The molecule has 0 bridgehead atoms. The van der Waals surface area contributed by atoms with Crippen LogP contribution in [0.1, 0.15) is 31.0 Å². The zero-order chi connectivity index (χ0) is 19.8. The monoisotopic (exact) mass is 386 g/mol. The number of carbonyl (C=O) groups is 2. The predicted octanol–water partition coefficient (Wildman–Crippen LogP) is 3.40. The molecule has 0 saturated carbocycles. The van der Waals surface area contributed by atoms with Gasteiger partial charge in [0.25, 0.3) is 5.91 Å². The van der Waals surface area contributed by atoms with Gasteiger partial charge in [0.1, 0.15) is 5.75 Å². The van der Waals surface area contributed by atoms with E-state index in [0.29, 0.717) is 16.3 Å². The van der Waals surface area contributed by atoms with E-state index in [1.54, 1.807) is 43.3 Å². The number of amides is 1. The molecule has 0 saturated heterocycles. The number of halogens is 1. The SMILES string of the molecule is C[C@H](Oc1ccc(C#N)cc1)C(=O)OCC(=O)N[C@@H](C)c1ccccc1Cl. The molecule has 2 aromatic carbocycles. The molecule has 0 aliphatic heterocycles. The first-order valence-corrected chi connectivity index (χ1v) is 8.65. The van der Waals surface area contributed by atoms with E-state index in [9.17, 15) is 9.59 Å². The summed E-state index contributed by atoms with van der Waals surface area (Å²) in [6.07, 6.45) is -0.897. The Morgan fingerprint density at radius 3 is 2.44 bits per heavy atom. The van der Waals surface area contributed by atoms with Crippen molar-refractivity contribution in [1.29, 1.82) is 5.26 Å². The van der Waals surface area contributed by atoms with E-state index >= 15 is 0 Å². The molecule has 0 heterocycles. The summed E-state index contributed by atoms with van der Waals surface area (Å²) in [6.45, 7) is 2.89. The van der Waals surface area contributed by atoms with Crippen molar-refractivity contribution >= 4 is 23.5 Å². The molecule has 2 aromatic rings. The summed E-state index contributed by atoms with van der Waals surface area (Å²) in [6, 6.07) is 15.2. The Morgan fingerprint density at radius 1 is 1.15 bits per heavy atom. The summed E-state index contributed by atoms with van der Waals surface area (Å²) in [5.74, 6) is -0.684. The second kappa shape index (κ2) is 9.60. The zero-order valence-corrected chi connectivity index (χ0v) is 15.7. The van der Waals surface area contributed by atoms with Gasteiger partial charge in [0.05, 0.1) is 17.7 Å². The van der Waals surface area contributed by atoms with Crippen LogP contribution in [0, 0.1) is 11.3 Å². The van der Waals surface area contributed by atoms with Crippen molar-refractivity contribution in [2.45, 2.75) is 26.0 Å². The maximum absolute atomic E-state index is 12.0. The molecule has 2 rings (SSSR count). The van der Waals surface area contributed by atoms with Crippen LogP contribution in [-0.4, -0.2) is 24.6 Å². The highest BCUT2D eigenvalue weighted by Gasteiger charge is 2.19. The Kier molecular flexibility index (Phi) is 7.21. The maximum Gasteiger partial charge on any atom is 0.347 e. The lowest BCUT2D eigenvalue weighted by atomic mass is 10.1. The first-order chi connectivity index (χ1) is 12.9. The average molecular weight is 387 g/mol. The van der Waals surface area contributed by atoms with Crippen LogP contribution in [0.4, 0.5) is 0 Å². The number of rotatable bonds is 7. The molecular weight excluding hydrogens is 368 g/mol. The largest absolute Gasteiger partial charge is 0.479 e. The van der Waals surface area contributed by atoms with Crippen LogP contribution < -0.4 is 10.1 Å². The molecule has 6 nitrogen and oxygen atoms in total. The number of nitriles is 1. The smallest absolute Gasteiger partial charge is 0.347 e. The van der Waals surface area contributed by atoms with Crippen molar-refractivity contribution in [2.75, 3.05) is 6.61 Å². The fourth-order valence-electron chi connectivity index (χ4n) is 2.30. The number of benzene rings is 2. The number of hydrogen-bond acceptors (Lipinski definition) is 5. The molecule has 0 unspecified atom stereocenters. The average Bonchev–Trinajstić information content (AvgIpc) is 2.66. The van der Waals surface area contributed by atoms with E-state index in [0.717, 1.165) is 5.56 Å². The minimum Gasteiger partial charge on any atom is -0.479 e. The van der Waals surface area contributed by atoms with Crippen LogP contribution in [0.3, 0.4) is 0 Å². The molecule has 0 aliphatic carbocycles. The van der Waals surface area contributed by atoms with E-state index in [2.05, 4.69) is 5.32 Å². The van der Waals surface area contributed by atoms with Gasteiger partial charge in [0.2, 0.25) is 0 Å². The Hall–Kier alpha value is -3.04. The highest BCUT2D eigenvalue weighted by molar-refractivity contribution is 6.31. The van der Waals surface area contributed by atoms with Crippen molar-refractivity contribution in [3.05, 3.63) is 64.7 Å². The van der Waals surface area contributed by atoms with Crippen LogP contribution in [0.2, 0.25) is 5.02 Å². The van der Waals surface area contributed by atoms with Crippen LogP contribution in [0.5, 0.6) is 5.75 Å². The van der Waals surface area contributed by atoms with Crippen LogP contribution in [-0.2, 0) is 14.3 Å². The lowest BCUT2D eigenvalue weighted by Crippen LogP contribution is -2.34. The molecule has 0 radical (unpaired) electrons. The van der Waals surface area contributed by atoms with Crippen molar-refractivity contribution in [3.8, 4) is 11.8 Å². The van der Waals surface area contributed by atoms with E-state index < -0.39 is 24.6 Å². The molecule has 7 heteroatoms. The quantitative estimate of drug-likeness (QED) is 0.737. The van der Waals surface area contributed by atoms with Gasteiger partial charge in [0.15, 0.2) is 12.7 Å². The van der Waals surface area contributed by atoms with Crippen LogP contribution >= 0.6 is 11.6 Å². The summed E-state index contributed by atoms with van der Waals surface area (Å²) in [5, 5.41) is 12.0. The topological polar surface area (TPSA) is 88.4 Å². The molecule has 0 spiro atoms. The first kappa shape index (κ1) is 20.3. The number of hydrogen-bond donors (Lipinski definition) is 1. The van der Waals surface area contributed by atoms with Crippen molar-refractivity contribution in [3.63, 3.8) is 0 Å². The van der Waals surface area contributed by atoms with Gasteiger partial charge < -0.3 is 14.8 Å². The second-order valence-corrected chi connectivity index (χ2v) is 6.22. The normalized spacial score (nSPS) is 12.4. The van der Waals surface area contributed by atoms with E-state index in [-0.39, 0.29) is 6.04 Å². The van der Waals surface area contributed by atoms with Gasteiger partial charge in [-0.3, -0.25) is 4.79 Å². The fourth-order valence-corrected chi connectivity index (χ4v) is 2.60. The minimum absolute atomic E-state index is 0.322.